The van der Waals surface area contributed by atoms with Crippen molar-refractivity contribution in [1.82, 2.24) is 14.9 Å². The van der Waals surface area contributed by atoms with E-state index in [1.807, 2.05) is 103 Å². The molecular formula is C29H29N3O4S. The van der Waals surface area contributed by atoms with Crippen molar-refractivity contribution in [3.05, 3.63) is 120 Å². The van der Waals surface area contributed by atoms with Crippen LogP contribution in [0, 0.1) is 0 Å². The minimum Gasteiger partial charge on any atom is -0.467 e. The van der Waals surface area contributed by atoms with Gasteiger partial charge in [0.15, 0.2) is 0 Å². The van der Waals surface area contributed by atoms with Crippen molar-refractivity contribution >= 4 is 23.8 Å². The van der Waals surface area contributed by atoms with Crippen LogP contribution in [0.2, 0.25) is 0 Å². The molecule has 0 aliphatic carbocycles. The van der Waals surface area contributed by atoms with Gasteiger partial charge in [-0.1, -0.05) is 91.0 Å². The van der Waals surface area contributed by atoms with Crippen LogP contribution in [0.1, 0.15) is 34.6 Å². The number of hydrogen-bond donors (Lipinski definition) is 1. The lowest BCUT2D eigenvalue weighted by atomic mass is 10.0. The lowest BCUT2D eigenvalue weighted by Crippen LogP contribution is -2.34. The summed E-state index contributed by atoms with van der Waals surface area (Å²) in [6.45, 7) is 0.136. The minimum atomic E-state index is -0.677. The predicted molar refractivity (Wildman–Crippen MR) is 143 cm³/mol. The summed E-state index contributed by atoms with van der Waals surface area (Å²) >= 11 is 1.46. The second-order valence-electron chi connectivity index (χ2n) is 8.33. The highest BCUT2D eigenvalue weighted by Gasteiger charge is 2.30. The minimum absolute atomic E-state index is 0.136. The highest BCUT2D eigenvalue weighted by molar-refractivity contribution is 7.98. The summed E-state index contributed by atoms with van der Waals surface area (Å²) in [6.07, 6.45) is 3.57. The normalized spacial score (nSPS) is 12.4. The number of aromatic nitrogens is 2. The lowest BCUT2D eigenvalue weighted by molar-refractivity contribution is -0.144. The van der Waals surface area contributed by atoms with Gasteiger partial charge < -0.3 is 19.4 Å². The largest absolute Gasteiger partial charge is 0.467 e. The van der Waals surface area contributed by atoms with E-state index >= 15 is 0 Å². The Hall–Kier alpha value is -4.04. The molecule has 1 N–H and O–H groups in total. The topological polar surface area (TPSA) is 82.5 Å². The third-order valence-corrected chi connectivity index (χ3v) is 6.51. The van der Waals surface area contributed by atoms with E-state index in [0.29, 0.717) is 12.2 Å². The Balaban J connectivity index is 1.69. The van der Waals surface area contributed by atoms with Crippen LogP contribution in [-0.2, 0) is 27.3 Å². The standard InChI is InChI=1S/C29H29N3O4S/c1-35-28(33)24(18-21-12-6-3-7-13-21)32-19-25(37-2)30-27(32)26(23-16-10-5-11-17-23)31-29(34)36-20-22-14-8-4-9-15-22/h3-17,19,24,26H,18,20H2,1-2H3,(H,31,34)/t24-,26-/m0/s1. The zero-order valence-electron chi connectivity index (χ0n) is 20.7. The number of thioether (sulfide) groups is 1. The van der Waals surface area contributed by atoms with Crippen LogP contribution in [0.4, 0.5) is 4.79 Å². The Kier molecular flexibility index (Phi) is 8.99. The van der Waals surface area contributed by atoms with Gasteiger partial charge in [0.25, 0.3) is 0 Å². The molecule has 1 aromatic heterocycles. The number of nitrogens with zero attached hydrogens (tertiary/aromatic N) is 2. The predicted octanol–water partition coefficient (Wildman–Crippen LogP) is 5.58. The van der Waals surface area contributed by atoms with Crippen LogP contribution in [0.3, 0.4) is 0 Å². The molecule has 7 nitrogen and oxygen atoms in total. The van der Waals surface area contributed by atoms with E-state index in [0.717, 1.165) is 21.7 Å². The van der Waals surface area contributed by atoms with Gasteiger partial charge in [0.1, 0.15) is 29.5 Å². The van der Waals surface area contributed by atoms with Gasteiger partial charge >= 0.3 is 12.1 Å². The number of methoxy groups -OCH3 is 1. The Bertz CT molecular complexity index is 1300. The molecule has 0 bridgehead atoms. The highest BCUT2D eigenvalue weighted by Crippen LogP contribution is 2.29. The number of alkyl carbamates (subject to hydrolysis) is 1. The molecule has 1 heterocycles. The Labute approximate surface area is 220 Å². The zero-order chi connectivity index (χ0) is 26.0. The highest BCUT2D eigenvalue weighted by atomic mass is 32.2. The first-order chi connectivity index (χ1) is 18.1. The molecule has 0 radical (unpaired) electrons. The molecule has 0 aliphatic rings. The molecule has 190 valence electrons. The Morgan fingerprint density at radius 1 is 0.919 bits per heavy atom. The zero-order valence-corrected chi connectivity index (χ0v) is 21.6. The SMILES string of the molecule is COC(=O)[C@H](Cc1ccccc1)n1cc(SC)nc1[C@@H](NC(=O)OCc1ccccc1)c1ccccc1. The number of nitrogens with one attached hydrogen (secondary N) is 1. The van der Waals surface area contributed by atoms with Gasteiger partial charge in [-0.25, -0.2) is 14.6 Å². The summed E-state index contributed by atoms with van der Waals surface area (Å²) in [4.78, 5) is 30.8. The van der Waals surface area contributed by atoms with Gasteiger partial charge in [0.05, 0.1) is 7.11 Å². The molecule has 37 heavy (non-hydrogen) atoms. The number of imidazole rings is 1. The van der Waals surface area contributed by atoms with Gasteiger partial charge in [0.2, 0.25) is 0 Å². The molecule has 1 amide bonds. The van der Waals surface area contributed by atoms with Crippen LogP contribution < -0.4 is 5.32 Å². The number of amides is 1. The summed E-state index contributed by atoms with van der Waals surface area (Å²) in [6, 6.07) is 27.4. The molecule has 0 unspecified atom stereocenters. The lowest BCUT2D eigenvalue weighted by Gasteiger charge is -2.24. The molecule has 0 saturated carbocycles. The summed E-state index contributed by atoms with van der Waals surface area (Å²) in [5, 5.41) is 3.69. The average molecular weight is 516 g/mol. The third kappa shape index (κ3) is 6.80. The van der Waals surface area contributed by atoms with Crippen LogP contribution in [0.25, 0.3) is 0 Å². The van der Waals surface area contributed by atoms with Gasteiger partial charge in [-0.05, 0) is 22.9 Å². The molecule has 0 saturated heterocycles. The summed E-state index contributed by atoms with van der Waals surface area (Å²) in [7, 11) is 1.38. The van der Waals surface area contributed by atoms with Crippen LogP contribution in [0.5, 0.6) is 0 Å². The number of esters is 1. The first-order valence-corrected chi connectivity index (χ1v) is 13.1. The molecule has 0 fully saturated rings. The van der Waals surface area contributed by atoms with Crippen molar-refractivity contribution < 1.29 is 19.1 Å². The van der Waals surface area contributed by atoms with Gasteiger partial charge in [-0.3, -0.25) is 0 Å². The van der Waals surface area contributed by atoms with Crippen molar-refractivity contribution in [3.8, 4) is 0 Å². The average Bonchev–Trinajstić information content (AvgIpc) is 3.38. The number of carbonyl (C=O) groups is 2. The van der Waals surface area contributed by atoms with Crippen LogP contribution >= 0.6 is 11.8 Å². The smallest absolute Gasteiger partial charge is 0.408 e. The molecule has 2 atom stereocenters. The van der Waals surface area contributed by atoms with E-state index in [1.54, 1.807) is 4.57 Å². The first kappa shape index (κ1) is 26.0. The van der Waals surface area contributed by atoms with Crippen molar-refractivity contribution in [3.63, 3.8) is 0 Å². The van der Waals surface area contributed by atoms with E-state index < -0.39 is 24.1 Å². The molecule has 3 aromatic carbocycles. The fraction of sp³-hybridized carbons (Fsp3) is 0.207. The first-order valence-electron chi connectivity index (χ1n) is 11.9. The summed E-state index contributed by atoms with van der Waals surface area (Å²) < 4.78 is 12.5. The van der Waals surface area contributed by atoms with E-state index in [1.165, 1.54) is 18.9 Å². The van der Waals surface area contributed by atoms with Crippen LogP contribution in [0.15, 0.2) is 102 Å². The van der Waals surface area contributed by atoms with E-state index in [9.17, 15) is 9.59 Å². The maximum Gasteiger partial charge on any atom is 0.408 e. The fourth-order valence-corrected chi connectivity index (χ4v) is 4.44. The number of benzene rings is 3. The molecule has 4 aromatic rings. The van der Waals surface area contributed by atoms with Crippen molar-refractivity contribution in [2.45, 2.75) is 30.1 Å². The fourth-order valence-electron chi connectivity index (χ4n) is 4.04. The van der Waals surface area contributed by atoms with Crippen molar-refractivity contribution in [2.24, 2.45) is 0 Å². The monoisotopic (exact) mass is 515 g/mol. The molecular weight excluding hydrogens is 486 g/mol. The van der Waals surface area contributed by atoms with E-state index in [2.05, 4.69) is 5.32 Å². The number of rotatable bonds is 10. The maximum atomic E-state index is 13.0. The Morgan fingerprint density at radius 3 is 2.11 bits per heavy atom. The van der Waals surface area contributed by atoms with E-state index in [4.69, 9.17) is 14.5 Å². The number of hydrogen-bond acceptors (Lipinski definition) is 6. The van der Waals surface area contributed by atoms with Gasteiger partial charge in [-0.15, -0.1) is 11.8 Å². The second kappa shape index (κ2) is 12.8. The molecule has 0 spiro atoms. The maximum absolute atomic E-state index is 13.0. The molecule has 0 aliphatic heterocycles. The number of ether oxygens (including phenoxy) is 2. The van der Waals surface area contributed by atoms with Crippen molar-refractivity contribution in [2.75, 3.05) is 13.4 Å². The van der Waals surface area contributed by atoms with Crippen LogP contribution in [-0.4, -0.2) is 35.0 Å². The van der Waals surface area contributed by atoms with E-state index in [-0.39, 0.29) is 6.61 Å². The quantitative estimate of drug-likeness (QED) is 0.219. The third-order valence-electron chi connectivity index (χ3n) is 5.89. The van der Waals surface area contributed by atoms with Crippen molar-refractivity contribution in [1.29, 1.82) is 0 Å². The van der Waals surface area contributed by atoms with Gasteiger partial charge in [0, 0.05) is 12.6 Å². The second-order valence-corrected chi connectivity index (χ2v) is 9.15. The molecule has 8 heteroatoms. The number of carbonyl (C=O) groups excluding carboxylic acids is 2. The molecule has 4 rings (SSSR count). The Morgan fingerprint density at radius 2 is 1.51 bits per heavy atom. The summed E-state index contributed by atoms with van der Waals surface area (Å²) in [5.74, 6) is 0.118. The summed E-state index contributed by atoms with van der Waals surface area (Å²) in [5.41, 5.74) is 2.67. The van der Waals surface area contributed by atoms with Gasteiger partial charge in [-0.2, -0.15) is 0 Å².